The monoisotopic (exact) mass is 383 g/mol. The van der Waals surface area contributed by atoms with Gasteiger partial charge in [0.1, 0.15) is 5.60 Å². The van der Waals surface area contributed by atoms with E-state index < -0.39 is 29.3 Å². The predicted octanol–water partition coefficient (Wildman–Crippen LogP) is 3.27. The van der Waals surface area contributed by atoms with Crippen LogP contribution >= 0.6 is 0 Å². The minimum absolute atomic E-state index is 0.277. The number of esters is 1. The molecule has 2 heterocycles. The second kappa shape index (κ2) is 7.28. The van der Waals surface area contributed by atoms with Crippen LogP contribution in [-0.2, 0) is 23.6 Å². The molecule has 0 bridgehead atoms. The van der Waals surface area contributed by atoms with E-state index in [0.717, 1.165) is 0 Å². The van der Waals surface area contributed by atoms with Crippen molar-refractivity contribution in [1.29, 1.82) is 0 Å². The molecule has 7 nitrogen and oxygen atoms in total. The van der Waals surface area contributed by atoms with Crippen LogP contribution in [-0.4, -0.2) is 61.1 Å². The molecule has 2 rings (SSSR count). The van der Waals surface area contributed by atoms with Crippen LogP contribution in [0.3, 0.4) is 0 Å². The molecule has 0 aromatic carbocycles. The van der Waals surface area contributed by atoms with Crippen LogP contribution in [0.1, 0.15) is 61.3 Å². The number of piperidine rings is 1. The molecular weight excluding hydrogens is 349 g/mol. The van der Waals surface area contributed by atoms with Crippen LogP contribution in [0.25, 0.3) is 0 Å². The largest absolute Gasteiger partial charge is 0.469 e. The second-order valence-corrected chi connectivity index (χ2v) is 9.63. The van der Waals surface area contributed by atoms with Gasteiger partial charge in [0.2, 0.25) is 0 Å². The number of hydrogen-bond acceptors (Lipinski definition) is 6. The van der Waals surface area contributed by atoms with Crippen molar-refractivity contribution in [2.75, 3.05) is 20.2 Å². The summed E-state index contributed by atoms with van der Waals surface area (Å²) in [6.07, 6.45) is 1.04. The zero-order valence-corrected chi connectivity index (χ0v) is 18.0. The first-order valence-corrected chi connectivity index (χ1v) is 9.63. The van der Waals surface area contributed by atoms with Gasteiger partial charge in [-0.2, -0.15) is 0 Å². The van der Waals surface area contributed by atoms with Gasteiger partial charge in [0.05, 0.1) is 23.7 Å². The van der Waals surface area contributed by atoms with Crippen molar-refractivity contribution in [3.05, 3.63) is 0 Å². The molecule has 1 amide bonds. The zero-order valence-electron chi connectivity index (χ0n) is 18.0. The molecule has 0 spiro atoms. The quantitative estimate of drug-likeness (QED) is 0.550. The van der Waals surface area contributed by atoms with Crippen molar-refractivity contribution in [2.24, 2.45) is 5.41 Å². The average Bonchev–Trinajstić information content (AvgIpc) is 2.72. The van der Waals surface area contributed by atoms with E-state index in [1.807, 2.05) is 48.5 Å². The highest BCUT2D eigenvalue weighted by molar-refractivity contribution is 6.46. The van der Waals surface area contributed by atoms with E-state index in [4.69, 9.17) is 18.8 Å². The van der Waals surface area contributed by atoms with Crippen molar-refractivity contribution >= 4 is 19.2 Å². The summed E-state index contributed by atoms with van der Waals surface area (Å²) in [4.78, 5) is 26.6. The lowest BCUT2D eigenvalue weighted by molar-refractivity contribution is -0.154. The third kappa shape index (κ3) is 4.77. The molecule has 2 saturated heterocycles. The van der Waals surface area contributed by atoms with Crippen LogP contribution in [0.5, 0.6) is 0 Å². The molecule has 0 radical (unpaired) electrons. The number of likely N-dealkylation sites (tertiary alicyclic amines) is 1. The summed E-state index contributed by atoms with van der Waals surface area (Å²) in [5, 5.41) is 0. The van der Waals surface area contributed by atoms with Gasteiger partial charge in [-0.3, -0.25) is 4.79 Å². The Labute approximate surface area is 163 Å². The molecule has 27 heavy (non-hydrogen) atoms. The van der Waals surface area contributed by atoms with Crippen molar-refractivity contribution < 1.29 is 28.4 Å². The summed E-state index contributed by atoms with van der Waals surface area (Å²) >= 11 is 0. The van der Waals surface area contributed by atoms with Crippen LogP contribution in [0.2, 0.25) is 6.32 Å². The van der Waals surface area contributed by atoms with Gasteiger partial charge in [0.25, 0.3) is 0 Å². The Hall–Kier alpha value is -1.28. The van der Waals surface area contributed by atoms with Gasteiger partial charge in [-0.15, -0.1) is 0 Å². The number of rotatable bonds is 3. The van der Waals surface area contributed by atoms with Crippen molar-refractivity contribution in [1.82, 2.24) is 4.90 Å². The molecular formula is C19H34BNO6. The van der Waals surface area contributed by atoms with E-state index in [9.17, 15) is 9.59 Å². The number of nitrogens with zero attached hydrogens (tertiary/aromatic N) is 1. The Morgan fingerprint density at radius 3 is 1.93 bits per heavy atom. The van der Waals surface area contributed by atoms with E-state index in [0.29, 0.717) is 32.3 Å². The summed E-state index contributed by atoms with van der Waals surface area (Å²) in [6, 6.07) is 0. The number of carbonyl (C=O) groups excluding carboxylic acids is 2. The van der Waals surface area contributed by atoms with E-state index in [1.165, 1.54) is 7.11 Å². The van der Waals surface area contributed by atoms with E-state index in [2.05, 4.69) is 0 Å². The lowest BCUT2D eigenvalue weighted by Gasteiger charge is -2.40. The van der Waals surface area contributed by atoms with Gasteiger partial charge < -0.3 is 23.7 Å². The first-order chi connectivity index (χ1) is 12.2. The SMILES string of the molecule is COC(=O)C1(CB2OC(C)(C)C(C)(C)O2)CCN(C(=O)OC(C)(C)C)CC1. The van der Waals surface area contributed by atoms with Gasteiger partial charge in [0, 0.05) is 13.1 Å². The molecule has 2 aliphatic rings. The standard InChI is InChI=1S/C19H34BNO6/c1-16(2,3)25-15(23)21-11-9-19(10-12-21,14(22)24-8)13-20-26-17(4,5)18(6,7)27-20/h9-13H2,1-8H3. The third-order valence-corrected chi connectivity index (χ3v) is 5.85. The van der Waals surface area contributed by atoms with Gasteiger partial charge in [-0.1, -0.05) is 0 Å². The van der Waals surface area contributed by atoms with Gasteiger partial charge >= 0.3 is 19.2 Å². The Morgan fingerprint density at radius 1 is 1.04 bits per heavy atom. The van der Waals surface area contributed by atoms with Crippen LogP contribution in [0.4, 0.5) is 4.79 Å². The van der Waals surface area contributed by atoms with Gasteiger partial charge in [0.15, 0.2) is 0 Å². The Balaban J connectivity index is 2.08. The Kier molecular flexibility index (Phi) is 5.94. The fraction of sp³-hybridized carbons (Fsp3) is 0.895. The minimum atomic E-state index is -0.728. The molecule has 0 aliphatic carbocycles. The van der Waals surface area contributed by atoms with E-state index in [1.54, 1.807) is 4.90 Å². The average molecular weight is 383 g/mol. The molecule has 0 N–H and O–H groups in total. The molecule has 2 aliphatic heterocycles. The number of amides is 1. The van der Waals surface area contributed by atoms with Gasteiger partial charge in [-0.05, 0) is 67.6 Å². The normalized spacial score (nSPS) is 23.9. The first-order valence-electron chi connectivity index (χ1n) is 9.63. The number of ether oxygens (including phenoxy) is 2. The van der Waals surface area contributed by atoms with E-state index >= 15 is 0 Å². The highest BCUT2D eigenvalue weighted by Gasteiger charge is 2.55. The second-order valence-electron chi connectivity index (χ2n) is 9.63. The molecule has 0 unspecified atom stereocenters. The Morgan fingerprint density at radius 2 is 1.52 bits per heavy atom. The fourth-order valence-corrected chi connectivity index (χ4v) is 3.52. The van der Waals surface area contributed by atoms with Gasteiger partial charge in [-0.25, -0.2) is 4.79 Å². The highest BCUT2D eigenvalue weighted by atomic mass is 16.7. The summed E-state index contributed by atoms with van der Waals surface area (Å²) < 4.78 is 22.7. The topological polar surface area (TPSA) is 74.3 Å². The van der Waals surface area contributed by atoms with Crippen LogP contribution < -0.4 is 0 Å². The third-order valence-electron chi connectivity index (χ3n) is 5.85. The zero-order chi connectivity index (χ0) is 20.7. The fourth-order valence-electron chi connectivity index (χ4n) is 3.52. The maximum absolute atomic E-state index is 12.6. The summed E-state index contributed by atoms with van der Waals surface area (Å²) in [6.45, 7) is 14.3. The summed E-state index contributed by atoms with van der Waals surface area (Å²) in [5.74, 6) is -0.277. The predicted molar refractivity (Wildman–Crippen MR) is 102 cm³/mol. The lowest BCUT2D eigenvalue weighted by Crippen LogP contribution is -2.49. The molecule has 0 atom stereocenters. The summed E-state index contributed by atoms with van der Waals surface area (Å²) in [5.41, 5.74) is -2.18. The van der Waals surface area contributed by atoms with Crippen LogP contribution in [0.15, 0.2) is 0 Å². The summed E-state index contributed by atoms with van der Waals surface area (Å²) in [7, 11) is 0.913. The number of methoxy groups -OCH3 is 1. The number of carbonyl (C=O) groups is 2. The molecule has 2 fully saturated rings. The van der Waals surface area contributed by atoms with Crippen molar-refractivity contribution in [2.45, 2.75) is 84.4 Å². The minimum Gasteiger partial charge on any atom is -0.469 e. The van der Waals surface area contributed by atoms with E-state index in [-0.39, 0.29) is 12.1 Å². The molecule has 0 aromatic heterocycles. The molecule has 154 valence electrons. The van der Waals surface area contributed by atoms with Crippen LogP contribution in [0, 0.1) is 5.41 Å². The lowest BCUT2D eigenvalue weighted by atomic mass is 9.63. The Bertz CT molecular complexity index is 559. The maximum Gasteiger partial charge on any atom is 0.458 e. The van der Waals surface area contributed by atoms with Crippen molar-refractivity contribution in [3.63, 3.8) is 0 Å². The van der Waals surface area contributed by atoms with Crippen molar-refractivity contribution in [3.8, 4) is 0 Å². The maximum atomic E-state index is 12.6. The molecule has 0 aromatic rings. The molecule has 0 saturated carbocycles. The highest BCUT2D eigenvalue weighted by Crippen LogP contribution is 2.44. The smallest absolute Gasteiger partial charge is 0.458 e. The molecule has 8 heteroatoms. The number of hydrogen-bond donors (Lipinski definition) is 0. The first kappa shape index (κ1) is 22.0.